The molecular formula is C11H15F3. The topological polar surface area (TPSA) is 0 Å². The number of hydrogen-bond donors (Lipinski definition) is 0. The van der Waals surface area contributed by atoms with Gasteiger partial charge < -0.3 is 0 Å². The standard InChI is InChI=1S/C11H15F3/c1-5-9(8(3)4)7-10(6-2)11(12,13)14/h6-7H,2,5H2,1,3-4H3/b10-7+. The van der Waals surface area contributed by atoms with Gasteiger partial charge in [-0.2, -0.15) is 13.2 Å². The summed E-state index contributed by atoms with van der Waals surface area (Å²) in [7, 11) is 0. The Hall–Kier alpha value is -0.990. The summed E-state index contributed by atoms with van der Waals surface area (Å²) >= 11 is 0. The lowest BCUT2D eigenvalue weighted by atomic mass is 10.0. The van der Waals surface area contributed by atoms with Crippen LogP contribution in [0.1, 0.15) is 27.2 Å². The average Bonchev–Trinajstić information content (AvgIpc) is 2.03. The van der Waals surface area contributed by atoms with Gasteiger partial charge >= 0.3 is 6.18 Å². The molecule has 14 heavy (non-hydrogen) atoms. The molecule has 0 aromatic rings. The van der Waals surface area contributed by atoms with E-state index in [1.165, 1.54) is 0 Å². The second-order valence-corrected chi connectivity index (χ2v) is 3.18. The zero-order valence-electron chi connectivity index (χ0n) is 8.70. The van der Waals surface area contributed by atoms with Crippen LogP contribution >= 0.6 is 0 Å². The highest BCUT2D eigenvalue weighted by atomic mass is 19.4. The molecule has 0 saturated carbocycles. The molecular weight excluding hydrogens is 189 g/mol. The fourth-order valence-corrected chi connectivity index (χ4v) is 1.04. The summed E-state index contributed by atoms with van der Waals surface area (Å²) in [5, 5.41) is 0. The quantitative estimate of drug-likeness (QED) is 0.597. The number of halogens is 3. The van der Waals surface area contributed by atoms with Gasteiger partial charge in [-0.3, -0.25) is 0 Å². The first-order chi connectivity index (χ1) is 6.32. The van der Waals surface area contributed by atoms with E-state index in [0.29, 0.717) is 12.0 Å². The number of allylic oxidation sites excluding steroid dienone is 5. The molecule has 0 aliphatic rings. The number of rotatable bonds is 3. The summed E-state index contributed by atoms with van der Waals surface area (Å²) in [6, 6.07) is 0. The van der Waals surface area contributed by atoms with Gasteiger partial charge in [0.2, 0.25) is 0 Å². The summed E-state index contributed by atoms with van der Waals surface area (Å²) in [6.45, 7) is 8.59. The Morgan fingerprint density at radius 2 is 1.79 bits per heavy atom. The fraction of sp³-hybridized carbons (Fsp3) is 0.455. The first-order valence-corrected chi connectivity index (χ1v) is 4.40. The molecule has 0 aromatic heterocycles. The molecule has 0 N–H and O–H groups in total. The lowest BCUT2D eigenvalue weighted by Gasteiger charge is -2.09. The second-order valence-electron chi connectivity index (χ2n) is 3.18. The maximum Gasteiger partial charge on any atom is 0.416 e. The van der Waals surface area contributed by atoms with Crippen LogP contribution in [0.4, 0.5) is 13.2 Å². The average molecular weight is 204 g/mol. The van der Waals surface area contributed by atoms with Gasteiger partial charge in [0.25, 0.3) is 0 Å². The third kappa shape index (κ3) is 3.81. The van der Waals surface area contributed by atoms with Crippen LogP contribution in [0.15, 0.2) is 35.5 Å². The molecule has 0 aliphatic carbocycles. The van der Waals surface area contributed by atoms with Crippen LogP contribution in [0.2, 0.25) is 0 Å². The first-order valence-electron chi connectivity index (χ1n) is 4.40. The van der Waals surface area contributed by atoms with Gasteiger partial charge in [0, 0.05) is 0 Å². The van der Waals surface area contributed by atoms with Gasteiger partial charge in [-0.15, -0.1) is 0 Å². The molecule has 0 bridgehead atoms. The first kappa shape index (κ1) is 13.0. The van der Waals surface area contributed by atoms with Gasteiger partial charge in [-0.1, -0.05) is 25.2 Å². The molecule has 0 atom stereocenters. The minimum atomic E-state index is -4.31. The molecule has 0 rings (SSSR count). The maximum atomic E-state index is 12.3. The highest BCUT2D eigenvalue weighted by Gasteiger charge is 2.31. The van der Waals surface area contributed by atoms with Crippen LogP contribution in [-0.4, -0.2) is 6.18 Å². The van der Waals surface area contributed by atoms with Crippen molar-refractivity contribution in [3.8, 4) is 0 Å². The third-order valence-corrected chi connectivity index (χ3v) is 1.90. The van der Waals surface area contributed by atoms with Crippen molar-refractivity contribution in [3.05, 3.63) is 35.5 Å². The van der Waals surface area contributed by atoms with E-state index in [1.54, 1.807) is 13.8 Å². The summed E-state index contributed by atoms with van der Waals surface area (Å²) in [4.78, 5) is 0. The van der Waals surface area contributed by atoms with Crippen LogP contribution in [0, 0.1) is 0 Å². The molecule has 0 spiro atoms. The van der Waals surface area contributed by atoms with E-state index in [1.807, 2.05) is 6.92 Å². The predicted molar refractivity (Wildman–Crippen MR) is 53.0 cm³/mol. The summed E-state index contributed by atoms with van der Waals surface area (Å²) in [5.41, 5.74) is 0.920. The van der Waals surface area contributed by atoms with Crippen molar-refractivity contribution >= 4 is 0 Å². The van der Waals surface area contributed by atoms with Gasteiger partial charge in [-0.25, -0.2) is 0 Å². The summed E-state index contributed by atoms with van der Waals surface area (Å²) in [5.74, 6) is 0. The highest BCUT2D eigenvalue weighted by molar-refractivity contribution is 5.34. The van der Waals surface area contributed by atoms with E-state index in [2.05, 4.69) is 6.58 Å². The fourth-order valence-electron chi connectivity index (χ4n) is 1.04. The number of alkyl halides is 3. The maximum absolute atomic E-state index is 12.3. The van der Waals surface area contributed by atoms with Gasteiger partial charge in [0.05, 0.1) is 5.57 Å². The van der Waals surface area contributed by atoms with Crippen LogP contribution < -0.4 is 0 Å². The second kappa shape index (κ2) is 5.03. The third-order valence-electron chi connectivity index (χ3n) is 1.90. The predicted octanol–water partition coefficient (Wildman–Crippen LogP) is 4.41. The summed E-state index contributed by atoms with van der Waals surface area (Å²) < 4.78 is 37.0. The zero-order chi connectivity index (χ0) is 11.4. The highest BCUT2D eigenvalue weighted by Crippen LogP contribution is 2.28. The Balaban J connectivity index is 5.13. The molecule has 0 nitrogen and oxygen atoms in total. The monoisotopic (exact) mass is 204 g/mol. The van der Waals surface area contributed by atoms with Gasteiger partial charge in [0.15, 0.2) is 0 Å². The van der Waals surface area contributed by atoms with Gasteiger partial charge in [-0.05, 0) is 31.9 Å². The molecule has 0 aromatic carbocycles. The smallest absolute Gasteiger partial charge is 0.166 e. The molecule has 0 amide bonds. The number of hydrogen-bond acceptors (Lipinski definition) is 0. The van der Waals surface area contributed by atoms with E-state index in [-0.39, 0.29) is 0 Å². The minimum absolute atomic E-state index is 0.593. The van der Waals surface area contributed by atoms with E-state index < -0.39 is 11.7 Å². The van der Waals surface area contributed by atoms with E-state index in [0.717, 1.165) is 17.7 Å². The molecule has 0 radical (unpaired) electrons. The minimum Gasteiger partial charge on any atom is -0.166 e. The van der Waals surface area contributed by atoms with Crippen molar-refractivity contribution in [2.24, 2.45) is 0 Å². The molecule has 0 fully saturated rings. The van der Waals surface area contributed by atoms with Crippen LogP contribution in [0.25, 0.3) is 0 Å². The van der Waals surface area contributed by atoms with Crippen molar-refractivity contribution in [1.29, 1.82) is 0 Å². The lowest BCUT2D eigenvalue weighted by molar-refractivity contribution is -0.0882. The molecule has 80 valence electrons. The molecule has 0 saturated heterocycles. The Morgan fingerprint density at radius 1 is 1.29 bits per heavy atom. The Kier molecular flexibility index (Phi) is 4.68. The van der Waals surface area contributed by atoms with Crippen molar-refractivity contribution in [3.63, 3.8) is 0 Å². The Labute approximate surface area is 82.8 Å². The molecule has 0 aliphatic heterocycles. The van der Waals surface area contributed by atoms with Crippen molar-refractivity contribution < 1.29 is 13.2 Å². The van der Waals surface area contributed by atoms with E-state index >= 15 is 0 Å². The van der Waals surface area contributed by atoms with Crippen LogP contribution in [0.3, 0.4) is 0 Å². The molecule has 0 unspecified atom stereocenters. The molecule has 0 heterocycles. The van der Waals surface area contributed by atoms with Crippen molar-refractivity contribution in [2.45, 2.75) is 33.4 Å². The van der Waals surface area contributed by atoms with Crippen LogP contribution in [0.5, 0.6) is 0 Å². The Morgan fingerprint density at radius 3 is 2.00 bits per heavy atom. The van der Waals surface area contributed by atoms with Crippen LogP contribution in [-0.2, 0) is 0 Å². The normalized spacial score (nSPS) is 12.6. The molecule has 3 heteroatoms. The largest absolute Gasteiger partial charge is 0.416 e. The van der Waals surface area contributed by atoms with E-state index in [9.17, 15) is 13.2 Å². The lowest BCUT2D eigenvalue weighted by Crippen LogP contribution is -2.10. The SMILES string of the molecule is C=C/C(=C\C(CC)=C(C)C)C(F)(F)F. The van der Waals surface area contributed by atoms with Crippen molar-refractivity contribution in [2.75, 3.05) is 0 Å². The van der Waals surface area contributed by atoms with Crippen molar-refractivity contribution in [1.82, 2.24) is 0 Å². The Bertz CT molecular complexity index is 263. The van der Waals surface area contributed by atoms with Gasteiger partial charge in [0.1, 0.15) is 0 Å². The summed E-state index contributed by atoms with van der Waals surface area (Å²) in [6.07, 6.45) is -1.71. The zero-order valence-corrected chi connectivity index (χ0v) is 8.70. The van der Waals surface area contributed by atoms with E-state index in [4.69, 9.17) is 0 Å².